The predicted molar refractivity (Wildman–Crippen MR) is 100 cm³/mol. The van der Waals surface area contributed by atoms with Crippen LogP contribution in [0.2, 0.25) is 0 Å². The number of aromatic carboxylic acids is 1. The smallest absolute Gasteiger partial charge is 0.337 e. The van der Waals surface area contributed by atoms with E-state index in [2.05, 4.69) is 5.32 Å². The average Bonchev–Trinajstić information content (AvgIpc) is 2.70. The molecule has 9 heteroatoms. The number of nitrogens with zero attached hydrogens (tertiary/aromatic N) is 1. The lowest BCUT2D eigenvalue weighted by Crippen LogP contribution is -2.15. The van der Waals surface area contributed by atoms with Crippen molar-refractivity contribution in [1.29, 1.82) is 0 Å². The summed E-state index contributed by atoms with van der Waals surface area (Å²) in [5, 5.41) is 33.6. The van der Waals surface area contributed by atoms with Gasteiger partial charge in [-0.2, -0.15) is 0 Å². The molecule has 2 N–H and O–H groups in total. The molecule has 0 saturated heterocycles. The minimum Gasteiger partial charge on any atom is -0.872 e. The summed E-state index contributed by atoms with van der Waals surface area (Å²) in [6.07, 6.45) is 0. The van der Waals surface area contributed by atoms with E-state index < -0.39 is 22.5 Å². The number of hydrogen-bond donors (Lipinski definition) is 2. The number of benzene rings is 3. The molecule has 0 aliphatic rings. The summed E-state index contributed by atoms with van der Waals surface area (Å²) < 4.78 is 5.56. The van der Waals surface area contributed by atoms with Crippen molar-refractivity contribution >= 4 is 23.3 Å². The molecule has 29 heavy (non-hydrogen) atoms. The van der Waals surface area contributed by atoms with Crippen LogP contribution in [0.4, 0.5) is 11.4 Å². The Balaban J connectivity index is 1.71. The third kappa shape index (κ3) is 4.66. The zero-order valence-corrected chi connectivity index (χ0v) is 14.7. The van der Waals surface area contributed by atoms with Gasteiger partial charge in [0.25, 0.3) is 11.6 Å². The van der Waals surface area contributed by atoms with Gasteiger partial charge in [0.05, 0.1) is 16.2 Å². The highest BCUT2D eigenvalue weighted by atomic mass is 16.6. The van der Waals surface area contributed by atoms with Crippen LogP contribution in [0.15, 0.2) is 66.7 Å². The van der Waals surface area contributed by atoms with Crippen LogP contribution in [0.5, 0.6) is 17.2 Å². The molecule has 3 aromatic rings. The fourth-order valence-electron chi connectivity index (χ4n) is 2.45. The van der Waals surface area contributed by atoms with Crippen molar-refractivity contribution in [3.8, 4) is 17.2 Å². The van der Waals surface area contributed by atoms with Crippen LogP contribution in [0.1, 0.15) is 20.7 Å². The molecule has 0 bridgehead atoms. The van der Waals surface area contributed by atoms with E-state index in [4.69, 9.17) is 9.84 Å². The van der Waals surface area contributed by atoms with Gasteiger partial charge < -0.3 is 20.3 Å². The normalized spacial score (nSPS) is 10.2. The lowest BCUT2D eigenvalue weighted by atomic mass is 10.1. The van der Waals surface area contributed by atoms with Crippen LogP contribution < -0.4 is 15.2 Å². The van der Waals surface area contributed by atoms with Gasteiger partial charge in [-0.1, -0.05) is 12.1 Å². The minimum absolute atomic E-state index is 0.00769. The fraction of sp³-hybridized carbons (Fsp3) is 0. The first-order valence-corrected chi connectivity index (χ1v) is 8.21. The number of carbonyl (C=O) groups is 2. The molecule has 0 unspecified atom stereocenters. The number of hydrogen-bond acceptors (Lipinski definition) is 6. The molecule has 0 atom stereocenters. The maximum absolute atomic E-state index is 12.4. The molecule has 146 valence electrons. The molecule has 9 nitrogen and oxygen atoms in total. The number of carboxylic acids is 1. The maximum Gasteiger partial charge on any atom is 0.337 e. The predicted octanol–water partition coefficient (Wildman–Crippen LogP) is 3.41. The van der Waals surface area contributed by atoms with Crippen LogP contribution in [-0.2, 0) is 0 Å². The molecule has 0 aromatic heterocycles. The van der Waals surface area contributed by atoms with Gasteiger partial charge in [-0.3, -0.25) is 14.9 Å². The SMILES string of the molecule is O=C(Nc1ccc([O-])cc1C(=O)O)c1ccc(Oc2ccc([N+](=O)[O-])cc2)cc1. The number of ether oxygens (including phenoxy) is 1. The van der Waals surface area contributed by atoms with E-state index in [1.165, 1.54) is 54.6 Å². The Bertz CT molecular complexity index is 1080. The van der Waals surface area contributed by atoms with E-state index in [0.717, 1.165) is 12.1 Å². The van der Waals surface area contributed by atoms with E-state index in [1.807, 2.05) is 0 Å². The third-order valence-corrected chi connectivity index (χ3v) is 3.87. The first kappa shape index (κ1) is 19.4. The van der Waals surface area contributed by atoms with E-state index in [0.29, 0.717) is 11.5 Å². The molecule has 1 amide bonds. The average molecular weight is 393 g/mol. The van der Waals surface area contributed by atoms with E-state index in [9.17, 15) is 24.8 Å². The fourth-order valence-corrected chi connectivity index (χ4v) is 2.45. The van der Waals surface area contributed by atoms with Gasteiger partial charge in [-0.25, -0.2) is 4.79 Å². The lowest BCUT2D eigenvalue weighted by Gasteiger charge is -2.12. The Morgan fingerprint density at radius 2 is 1.52 bits per heavy atom. The first-order valence-electron chi connectivity index (χ1n) is 8.21. The number of non-ortho nitro benzene ring substituents is 1. The number of nitro groups is 1. The molecule has 0 saturated carbocycles. The lowest BCUT2D eigenvalue weighted by molar-refractivity contribution is -0.384. The molecular formula is C20H13N2O7-. The molecule has 0 spiro atoms. The molecule has 3 aromatic carbocycles. The van der Waals surface area contributed by atoms with Crippen molar-refractivity contribution in [2.45, 2.75) is 0 Å². The second-order valence-corrected chi connectivity index (χ2v) is 5.84. The molecule has 0 aliphatic heterocycles. The van der Waals surface area contributed by atoms with Crippen LogP contribution in [0.25, 0.3) is 0 Å². The molecular weight excluding hydrogens is 380 g/mol. The topological polar surface area (TPSA) is 142 Å². The van der Waals surface area contributed by atoms with Crippen LogP contribution >= 0.6 is 0 Å². The Kier molecular flexibility index (Phi) is 5.40. The van der Waals surface area contributed by atoms with Gasteiger partial charge in [0.1, 0.15) is 11.5 Å². The van der Waals surface area contributed by atoms with Crippen LogP contribution in [-0.4, -0.2) is 21.9 Å². The summed E-state index contributed by atoms with van der Waals surface area (Å²) >= 11 is 0. The number of nitrogens with one attached hydrogen (secondary N) is 1. The van der Waals surface area contributed by atoms with Gasteiger partial charge in [-0.15, -0.1) is 5.75 Å². The maximum atomic E-state index is 12.4. The Hall–Kier alpha value is -4.40. The number of anilines is 1. The highest BCUT2D eigenvalue weighted by Gasteiger charge is 2.13. The van der Waals surface area contributed by atoms with Crippen LogP contribution in [0.3, 0.4) is 0 Å². The van der Waals surface area contributed by atoms with Crippen LogP contribution in [0, 0.1) is 10.1 Å². The molecule has 0 radical (unpaired) electrons. The summed E-state index contributed by atoms with van der Waals surface area (Å²) in [4.78, 5) is 33.7. The van der Waals surface area contributed by atoms with Crippen molar-refractivity contribution in [3.05, 3.63) is 88.0 Å². The standard InChI is InChI=1S/C20H14N2O7/c23-14-5-10-18(17(11-14)20(25)26)21-19(24)12-1-6-15(7-2-12)29-16-8-3-13(4-9-16)22(27)28/h1-11,23H,(H,21,24)(H,25,26)/p-1. The number of nitro benzene ring substituents is 1. The summed E-state index contributed by atoms with van der Waals surface area (Å²) in [6, 6.07) is 14.8. The van der Waals surface area contributed by atoms with Gasteiger partial charge in [0.15, 0.2) is 0 Å². The second-order valence-electron chi connectivity index (χ2n) is 5.84. The van der Waals surface area contributed by atoms with Gasteiger partial charge in [0, 0.05) is 17.7 Å². The van der Waals surface area contributed by atoms with E-state index >= 15 is 0 Å². The quantitative estimate of drug-likeness (QED) is 0.483. The Labute approximate surface area is 164 Å². The zero-order valence-electron chi connectivity index (χ0n) is 14.7. The highest BCUT2D eigenvalue weighted by Crippen LogP contribution is 2.25. The number of carboxylic acid groups (broad SMARTS) is 1. The highest BCUT2D eigenvalue weighted by molar-refractivity contribution is 6.07. The molecule has 0 aliphatic carbocycles. The van der Waals surface area contributed by atoms with E-state index in [-0.39, 0.29) is 22.5 Å². The van der Waals surface area contributed by atoms with Gasteiger partial charge >= 0.3 is 5.97 Å². The zero-order chi connectivity index (χ0) is 21.0. The summed E-state index contributed by atoms with van der Waals surface area (Å²) in [5.74, 6) is -1.58. The van der Waals surface area contributed by atoms with Gasteiger partial charge in [-0.05, 0) is 42.5 Å². The summed E-state index contributed by atoms with van der Waals surface area (Å²) in [6.45, 7) is 0. The van der Waals surface area contributed by atoms with Crippen molar-refractivity contribution in [1.82, 2.24) is 0 Å². The van der Waals surface area contributed by atoms with Crippen molar-refractivity contribution in [3.63, 3.8) is 0 Å². The number of amides is 1. The van der Waals surface area contributed by atoms with Gasteiger partial charge in [0.2, 0.25) is 0 Å². The summed E-state index contributed by atoms with van der Waals surface area (Å²) in [5.41, 5.74) is -0.115. The molecule has 0 heterocycles. The van der Waals surface area contributed by atoms with Crippen molar-refractivity contribution in [2.24, 2.45) is 0 Å². The van der Waals surface area contributed by atoms with Crippen molar-refractivity contribution in [2.75, 3.05) is 5.32 Å². The third-order valence-electron chi connectivity index (χ3n) is 3.87. The number of rotatable bonds is 6. The first-order chi connectivity index (χ1) is 13.8. The number of carbonyl (C=O) groups excluding carboxylic acids is 1. The van der Waals surface area contributed by atoms with E-state index in [1.54, 1.807) is 0 Å². The monoisotopic (exact) mass is 393 g/mol. The Morgan fingerprint density at radius 1 is 0.931 bits per heavy atom. The Morgan fingerprint density at radius 3 is 2.07 bits per heavy atom. The summed E-state index contributed by atoms with van der Waals surface area (Å²) in [7, 11) is 0. The minimum atomic E-state index is -1.33. The van der Waals surface area contributed by atoms with Crippen molar-refractivity contribution < 1.29 is 29.5 Å². The molecule has 0 fully saturated rings. The largest absolute Gasteiger partial charge is 0.872 e. The second kappa shape index (κ2) is 8.09. The molecule has 3 rings (SSSR count).